The number of hydrogen-bond acceptors (Lipinski definition) is 4. The molecule has 0 unspecified atom stereocenters. The summed E-state index contributed by atoms with van der Waals surface area (Å²) in [7, 11) is 0. The molecule has 5 heteroatoms. The summed E-state index contributed by atoms with van der Waals surface area (Å²) in [6, 6.07) is 19.9. The van der Waals surface area contributed by atoms with Crippen molar-refractivity contribution in [3.8, 4) is 11.5 Å². The van der Waals surface area contributed by atoms with E-state index in [1.807, 2.05) is 36.4 Å². The SMILES string of the molecule is O=c1[nH]c2cc3c(cc2cc1CNc1cccc2ccccc12)OCO3. The molecule has 0 saturated carbocycles. The van der Waals surface area contributed by atoms with Gasteiger partial charge in [-0.3, -0.25) is 4.79 Å². The molecule has 2 heterocycles. The van der Waals surface area contributed by atoms with Crippen molar-refractivity contribution in [2.45, 2.75) is 6.54 Å². The number of H-pyrrole nitrogens is 1. The van der Waals surface area contributed by atoms with Crippen molar-refractivity contribution in [1.29, 1.82) is 0 Å². The molecular formula is C21H16N2O3. The highest BCUT2D eigenvalue weighted by atomic mass is 16.7. The minimum Gasteiger partial charge on any atom is -0.454 e. The molecule has 5 rings (SSSR count). The molecule has 26 heavy (non-hydrogen) atoms. The second-order valence-electron chi connectivity index (χ2n) is 6.30. The summed E-state index contributed by atoms with van der Waals surface area (Å²) in [5.74, 6) is 1.37. The Balaban J connectivity index is 1.50. The highest BCUT2D eigenvalue weighted by Crippen LogP contribution is 2.35. The van der Waals surface area contributed by atoms with Crippen molar-refractivity contribution in [2.75, 3.05) is 12.1 Å². The summed E-state index contributed by atoms with van der Waals surface area (Å²) in [6.07, 6.45) is 0. The zero-order chi connectivity index (χ0) is 17.5. The van der Waals surface area contributed by atoms with Gasteiger partial charge >= 0.3 is 0 Å². The van der Waals surface area contributed by atoms with E-state index < -0.39 is 0 Å². The number of hydrogen-bond donors (Lipinski definition) is 2. The third-order valence-corrected chi connectivity index (χ3v) is 4.67. The number of aromatic amines is 1. The molecule has 0 spiro atoms. The molecular weight excluding hydrogens is 328 g/mol. The van der Waals surface area contributed by atoms with Gasteiger partial charge in [0.1, 0.15) is 0 Å². The molecule has 5 nitrogen and oxygen atoms in total. The van der Waals surface area contributed by atoms with Gasteiger partial charge in [-0.1, -0.05) is 36.4 Å². The average Bonchev–Trinajstić information content (AvgIpc) is 3.12. The van der Waals surface area contributed by atoms with Crippen LogP contribution < -0.4 is 20.3 Å². The zero-order valence-corrected chi connectivity index (χ0v) is 13.9. The molecule has 3 aromatic carbocycles. The van der Waals surface area contributed by atoms with Crippen molar-refractivity contribution >= 4 is 27.4 Å². The van der Waals surface area contributed by atoms with E-state index in [1.54, 1.807) is 6.07 Å². The van der Waals surface area contributed by atoms with Crippen LogP contribution >= 0.6 is 0 Å². The van der Waals surface area contributed by atoms with Gasteiger partial charge in [0.2, 0.25) is 6.79 Å². The van der Waals surface area contributed by atoms with Crippen molar-refractivity contribution in [2.24, 2.45) is 0 Å². The standard InChI is InChI=1S/C21H16N2O3/c24-21-15(8-14-9-19-20(26-12-25-19)10-18(14)23-21)11-22-17-7-3-5-13-4-1-2-6-16(13)17/h1-10,22H,11-12H2,(H,23,24). The molecule has 4 aromatic rings. The summed E-state index contributed by atoms with van der Waals surface area (Å²) in [6.45, 7) is 0.652. The first-order chi connectivity index (χ1) is 12.8. The largest absolute Gasteiger partial charge is 0.454 e. The maximum atomic E-state index is 12.5. The number of anilines is 1. The number of nitrogens with one attached hydrogen (secondary N) is 2. The van der Waals surface area contributed by atoms with E-state index in [1.165, 1.54) is 0 Å². The molecule has 1 aromatic heterocycles. The van der Waals surface area contributed by atoms with Gasteiger partial charge < -0.3 is 19.8 Å². The second kappa shape index (κ2) is 5.81. The highest BCUT2D eigenvalue weighted by molar-refractivity contribution is 5.93. The van der Waals surface area contributed by atoms with Crippen LogP contribution in [0.15, 0.2) is 65.5 Å². The van der Waals surface area contributed by atoms with Gasteiger partial charge in [0.15, 0.2) is 11.5 Å². The number of aromatic nitrogens is 1. The maximum Gasteiger partial charge on any atom is 0.253 e. The lowest BCUT2D eigenvalue weighted by Crippen LogP contribution is -2.15. The first kappa shape index (κ1) is 14.8. The summed E-state index contributed by atoms with van der Waals surface area (Å²) < 4.78 is 10.8. The van der Waals surface area contributed by atoms with Crippen LogP contribution in [0.3, 0.4) is 0 Å². The second-order valence-corrected chi connectivity index (χ2v) is 6.30. The fourth-order valence-electron chi connectivity index (χ4n) is 3.34. The molecule has 0 saturated heterocycles. The molecule has 0 atom stereocenters. The molecule has 0 aliphatic carbocycles. The fourth-order valence-corrected chi connectivity index (χ4v) is 3.34. The monoisotopic (exact) mass is 344 g/mol. The quantitative estimate of drug-likeness (QED) is 0.589. The molecule has 0 radical (unpaired) electrons. The van der Waals surface area contributed by atoms with Crippen LogP contribution in [0.1, 0.15) is 5.56 Å². The van der Waals surface area contributed by atoms with Crippen LogP contribution in [0.5, 0.6) is 11.5 Å². The summed E-state index contributed by atoms with van der Waals surface area (Å²) >= 11 is 0. The Kier molecular flexibility index (Phi) is 3.31. The normalized spacial score (nSPS) is 12.6. The first-order valence-electron chi connectivity index (χ1n) is 8.45. The summed E-state index contributed by atoms with van der Waals surface area (Å²) in [5.41, 5.74) is 2.31. The molecule has 0 bridgehead atoms. The van der Waals surface area contributed by atoms with E-state index in [9.17, 15) is 4.79 Å². The van der Waals surface area contributed by atoms with Crippen LogP contribution in [-0.4, -0.2) is 11.8 Å². The summed E-state index contributed by atoms with van der Waals surface area (Å²) in [4.78, 5) is 15.4. The van der Waals surface area contributed by atoms with Crippen LogP contribution in [0.2, 0.25) is 0 Å². The topological polar surface area (TPSA) is 63.4 Å². The van der Waals surface area contributed by atoms with Crippen LogP contribution in [0, 0.1) is 0 Å². The fraction of sp³-hybridized carbons (Fsp3) is 0.0952. The van der Waals surface area contributed by atoms with Crippen LogP contribution in [0.25, 0.3) is 21.7 Å². The van der Waals surface area contributed by atoms with E-state index in [4.69, 9.17) is 9.47 Å². The van der Waals surface area contributed by atoms with Gasteiger partial charge in [0.25, 0.3) is 5.56 Å². The first-order valence-corrected chi connectivity index (χ1v) is 8.45. The Morgan fingerprint density at radius 3 is 2.65 bits per heavy atom. The van der Waals surface area contributed by atoms with Gasteiger partial charge in [-0.25, -0.2) is 0 Å². The summed E-state index contributed by atoms with van der Waals surface area (Å²) in [5, 5.41) is 6.61. The van der Waals surface area contributed by atoms with Gasteiger partial charge in [0.05, 0.1) is 5.52 Å². The Bertz CT molecular complexity index is 1190. The Labute approximate surface area is 149 Å². The molecule has 128 valence electrons. The minimum absolute atomic E-state index is 0.107. The lowest BCUT2D eigenvalue weighted by molar-refractivity contribution is 0.174. The molecule has 1 aliphatic heterocycles. The maximum absolute atomic E-state index is 12.5. The van der Waals surface area contributed by atoms with E-state index in [0.29, 0.717) is 23.6 Å². The van der Waals surface area contributed by atoms with Gasteiger partial charge in [-0.15, -0.1) is 0 Å². The molecule has 2 N–H and O–H groups in total. The molecule has 1 aliphatic rings. The predicted octanol–water partition coefficient (Wildman–Crippen LogP) is 4.02. The predicted molar refractivity (Wildman–Crippen MR) is 102 cm³/mol. The van der Waals surface area contributed by atoms with Crippen molar-refractivity contribution in [3.05, 3.63) is 76.6 Å². The lowest BCUT2D eigenvalue weighted by Gasteiger charge is -2.10. The van der Waals surface area contributed by atoms with Gasteiger partial charge in [0, 0.05) is 34.6 Å². The van der Waals surface area contributed by atoms with Crippen molar-refractivity contribution in [3.63, 3.8) is 0 Å². The van der Waals surface area contributed by atoms with Gasteiger partial charge in [-0.2, -0.15) is 0 Å². The average molecular weight is 344 g/mol. The minimum atomic E-state index is -0.107. The lowest BCUT2D eigenvalue weighted by atomic mass is 10.1. The molecule has 0 fully saturated rings. The smallest absolute Gasteiger partial charge is 0.253 e. The number of benzene rings is 3. The zero-order valence-electron chi connectivity index (χ0n) is 13.9. The van der Waals surface area contributed by atoms with E-state index in [-0.39, 0.29) is 12.4 Å². The van der Waals surface area contributed by atoms with Crippen LogP contribution in [-0.2, 0) is 6.54 Å². The third kappa shape index (κ3) is 2.45. The van der Waals surface area contributed by atoms with E-state index in [0.717, 1.165) is 27.4 Å². The number of rotatable bonds is 3. The van der Waals surface area contributed by atoms with E-state index in [2.05, 4.69) is 28.5 Å². The number of ether oxygens (including phenoxy) is 2. The third-order valence-electron chi connectivity index (χ3n) is 4.67. The Morgan fingerprint density at radius 1 is 0.923 bits per heavy atom. The highest BCUT2D eigenvalue weighted by Gasteiger charge is 2.15. The van der Waals surface area contributed by atoms with E-state index >= 15 is 0 Å². The Hall–Kier alpha value is -3.47. The van der Waals surface area contributed by atoms with Gasteiger partial charge in [-0.05, 0) is 23.6 Å². The molecule has 0 amide bonds. The number of pyridine rings is 1. The van der Waals surface area contributed by atoms with Crippen LogP contribution in [0.4, 0.5) is 5.69 Å². The number of fused-ring (bicyclic) bond motifs is 3. The van der Waals surface area contributed by atoms with Crippen molar-refractivity contribution < 1.29 is 9.47 Å². The Morgan fingerprint density at radius 2 is 1.73 bits per heavy atom. The van der Waals surface area contributed by atoms with Crippen molar-refractivity contribution in [1.82, 2.24) is 4.98 Å².